The summed E-state index contributed by atoms with van der Waals surface area (Å²) in [5.41, 5.74) is 0. The fourth-order valence-electron chi connectivity index (χ4n) is 2.28. The third-order valence-corrected chi connectivity index (χ3v) is 3.68. The van der Waals surface area contributed by atoms with Gasteiger partial charge in [0.1, 0.15) is 11.9 Å². The van der Waals surface area contributed by atoms with Gasteiger partial charge in [0.05, 0.1) is 0 Å². The predicted molar refractivity (Wildman–Crippen MR) is 74.5 cm³/mol. The Morgan fingerprint density at radius 3 is 2.88 bits per heavy atom. The predicted octanol–water partition coefficient (Wildman–Crippen LogP) is 3.75. The van der Waals surface area contributed by atoms with Gasteiger partial charge in [-0.25, -0.2) is 0 Å². The van der Waals surface area contributed by atoms with E-state index in [-0.39, 0.29) is 6.10 Å². The summed E-state index contributed by atoms with van der Waals surface area (Å²) in [4.78, 5) is 0. The Bertz CT molecular complexity index is 350. The molecule has 1 aliphatic rings. The summed E-state index contributed by atoms with van der Waals surface area (Å²) in [6.07, 6.45) is 5.61. The SMILES string of the molecule is CC(CNC1CCCC1)Oc1cccc(Br)c1. The molecule has 1 fully saturated rings. The van der Waals surface area contributed by atoms with Crippen LogP contribution in [-0.4, -0.2) is 18.7 Å². The molecule has 94 valence electrons. The summed E-state index contributed by atoms with van der Waals surface area (Å²) in [5.74, 6) is 0.931. The van der Waals surface area contributed by atoms with Gasteiger partial charge in [-0.2, -0.15) is 0 Å². The number of halogens is 1. The van der Waals surface area contributed by atoms with Crippen molar-refractivity contribution in [2.75, 3.05) is 6.54 Å². The monoisotopic (exact) mass is 297 g/mol. The molecule has 0 heterocycles. The zero-order valence-corrected chi connectivity index (χ0v) is 11.9. The van der Waals surface area contributed by atoms with Gasteiger partial charge in [-0.05, 0) is 38.0 Å². The average Bonchev–Trinajstić information content (AvgIpc) is 2.79. The van der Waals surface area contributed by atoms with E-state index in [1.807, 2.05) is 24.3 Å². The molecule has 1 aromatic rings. The first-order valence-electron chi connectivity index (χ1n) is 6.39. The first kappa shape index (κ1) is 12.9. The van der Waals surface area contributed by atoms with E-state index >= 15 is 0 Å². The molecule has 1 saturated carbocycles. The van der Waals surface area contributed by atoms with Crippen LogP contribution in [-0.2, 0) is 0 Å². The van der Waals surface area contributed by atoms with Crippen LogP contribution < -0.4 is 10.1 Å². The van der Waals surface area contributed by atoms with Crippen molar-refractivity contribution in [1.82, 2.24) is 5.32 Å². The molecule has 1 aromatic carbocycles. The summed E-state index contributed by atoms with van der Waals surface area (Å²) in [7, 11) is 0. The first-order valence-corrected chi connectivity index (χ1v) is 7.19. The largest absolute Gasteiger partial charge is 0.489 e. The summed E-state index contributed by atoms with van der Waals surface area (Å²) in [6.45, 7) is 3.04. The lowest BCUT2D eigenvalue weighted by atomic mass is 10.2. The quantitative estimate of drug-likeness (QED) is 0.894. The highest BCUT2D eigenvalue weighted by atomic mass is 79.9. The van der Waals surface area contributed by atoms with Gasteiger partial charge in [-0.1, -0.05) is 34.8 Å². The van der Waals surface area contributed by atoms with Crippen molar-refractivity contribution >= 4 is 15.9 Å². The Hall–Kier alpha value is -0.540. The molecule has 3 heteroatoms. The molecule has 0 bridgehead atoms. The fourth-order valence-corrected chi connectivity index (χ4v) is 2.66. The van der Waals surface area contributed by atoms with Crippen LogP contribution in [0.5, 0.6) is 5.75 Å². The summed E-state index contributed by atoms with van der Waals surface area (Å²) >= 11 is 3.45. The third kappa shape index (κ3) is 4.32. The van der Waals surface area contributed by atoms with Crippen LogP contribution in [0.2, 0.25) is 0 Å². The highest BCUT2D eigenvalue weighted by molar-refractivity contribution is 9.10. The normalized spacial score (nSPS) is 18.2. The van der Waals surface area contributed by atoms with Gasteiger partial charge in [-0.15, -0.1) is 0 Å². The Morgan fingerprint density at radius 1 is 1.41 bits per heavy atom. The van der Waals surface area contributed by atoms with Crippen molar-refractivity contribution in [2.24, 2.45) is 0 Å². The lowest BCUT2D eigenvalue weighted by Crippen LogP contribution is -2.35. The average molecular weight is 298 g/mol. The van der Waals surface area contributed by atoms with Gasteiger partial charge in [0, 0.05) is 17.1 Å². The van der Waals surface area contributed by atoms with Gasteiger partial charge < -0.3 is 10.1 Å². The zero-order chi connectivity index (χ0) is 12.1. The molecule has 2 nitrogen and oxygen atoms in total. The Labute approximate surface area is 112 Å². The van der Waals surface area contributed by atoms with Crippen molar-refractivity contribution in [3.63, 3.8) is 0 Å². The number of hydrogen-bond donors (Lipinski definition) is 1. The minimum absolute atomic E-state index is 0.213. The van der Waals surface area contributed by atoms with E-state index in [9.17, 15) is 0 Å². The molecule has 0 aromatic heterocycles. The van der Waals surface area contributed by atoms with Crippen LogP contribution in [0, 0.1) is 0 Å². The first-order chi connectivity index (χ1) is 8.24. The van der Waals surface area contributed by atoms with E-state index in [1.54, 1.807) is 0 Å². The van der Waals surface area contributed by atoms with Crippen LogP contribution in [0.15, 0.2) is 28.7 Å². The van der Waals surface area contributed by atoms with E-state index in [1.165, 1.54) is 25.7 Å². The number of nitrogens with one attached hydrogen (secondary N) is 1. The summed E-state index contributed by atoms with van der Waals surface area (Å²) in [6, 6.07) is 8.72. The Morgan fingerprint density at radius 2 is 2.18 bits per heavy atom. The van der Waals surface area contributed by atoms with Gasteiger partial charge in [0.15, 0.2) is 0 Å². The lowest BCUT2D eigenvalue weighted by molar-refractivity contribution is 0.211. The van der Waals surface area contributed by atoms with Crippen molar-refractivity contribution < 1.29 is 4.74 Å². The van der Waals surface area contributed by atoms with E-state index in [0.29, 0.717) is 6.04 Å². The van der Waals surface area contributed by atoms with Gasteiger partial charge >= 0.3 is 0 Å². The number of benzene rings is 1. The van der Waals surface area contributed by atoms with E-state index in [0.717, 1.165) is 16.8 Å². The molecular weight excluding hydrogens is 278 g/mol. The van der Waals surface area contributed by atoms with Crippen molar-refractivity contribution in [3.05, 3.63) is 28.7 Å². The molecule has 1 N–H and O–H groups in total. The second kappa shape index (κ2) is 6.41. The molecule has 17 heavy (non-hydrogen) atoms. The fraction of sp³-hybridized carbons (Fsp3) is 0.571. The van der Waals surface area contributed by atoms with Crippen LogP contribution >= 0.6 is 15.9 Å². The number of rotatable bonds is 5. The standard InChI is InChI=1S/C14H20BrNO/c1-11(10-16-13-6-2-3-7-13)17-14-8-4-5-12(15)9-14/h4-5,8-9,11,13,16H,2-3,6-7,10H2,1H3. The lowest BCUT2D eigenvalue weighted by Gasteiger charge is -2.18. The van der Waals surface area contributed by atoms with Crippen molar-refractivity contribution in [3.8, 4) is 5.75 Å². The summed E-state index contributed by atoms with van der Waals surface area (Å²) in [5, 5.41) is 3.58. The maximum Gasteiger partial charge on any atom is 0.120 e. The molecule has 1 aliphatic carbocycles. The second-order valence-electron chi connectivity index (χ2n) is 4.78. The van der Waals surface area contributed by atoms with Crippen molar-refractivity contribution in [1.29, 1.82) is 0 Å². The maximum absolute atomic E-state index is 5.86. The molecule has 1 atom stereocenters. The van der Waals surface area contributed by atoms with Gasteiger partial charge in [0.2, 0.25) is 0 Å². The highest BCUT2D eigenvalue weighted by Crippen LogP contribution is 2.20. The Kier molecular flexibility index (Phi) is 4.86. The molecule has 0 aliphatic heterocycles. The number of hydrogen-bond acceptors (Lipinski definition) is 2. The molecule has 0 amide bonds. The zero-order valence-electron chi connectivity index (χ0n) is 10.3. The van der Waals surface area contributed by atoms with E-state index < -0.39 is 0 Å². The van der Waals surface area contributed by atoms with Gasteiger partial charge in [-0.3, -0.25) is 0 Å². The van der Waals surface area contributed by atoms with Gasteiger partial charge in [0.25, 0.3) is 0 Å². The van der Waals surface area contributed by atoms with Crippen LogP contribution in [0.3, 0.4) is 0 Å². The van der Waals surface area contributed by atoms with Crippen LogP contribution in [0.4, 0.5) is 0 Å². The Balaban J connectivity index is 1.74. The van der Waals surface area contributed by atoms with Crippen LogP contribution in [0.1, 0.15) is 32.6 Å². The van der Waals surface area contributed by atoms with E-state index in [2.05, 4.69) is 28.2 Å². The number of ether oxygens (including phenoxy) is 1. The smallest absolute Gasteiger partial charge is 0.120 e. The summed E-state index contributed by atoms with van der Waals surface area (Å²) < 4.78 is 6.92. The maximum atomic E-state index is 5.86. The van der Waals surface area contributed by atoms with Crippen LogP contribution in [0.25, 0.3) is 0 Å². The molecule has 0 saturated heterocycles. The molecule has 1 unspecified atom stereocenters. The van der Waals surface area contributed by atoms with Crippen molar-refractivity contribution in [2.45, 2.75) is 44.8 Å². The molecular formula is C14H20BrNO. The van der Waals surface area contributed by atoms with E-state index in [4.69, 9.17) is 4.74 Å². The minimum Gasteiger partial charge on any atom is -0.489 e. The minimum atomic E-state index is 0.213. The molecule has 0 radical (unpaired) electrons. The molecule has 0 spiro atoms. The topological polar surface area (TPSA) is 21.3 Å². The third-order valence-electron chi connectivity index (χ3n) is 3.18. The second-order valence-corrected chi connectivity index (χ2v) is 5.69. The highest BCUT2D eigenvalue weighted by Gasteiger charge is 2.15. The molecule has 2 rings (SSSR count).